The molecule has 2 aromatic rings. The van der Waals surface area contributed by atoms with E-state index in [4.69, 9.17) is 0 Å². The monoisotopic (exact) mass is 330 g/mol. The van der Waals surface area contributed by atoms with Gasteiger partial charge in [0.15, 0.2) is 0 Å². The van der Waals surface area contributed by atoms with Gasteiger partial charge in [0, 0.05) is 44.0 Å². The quantitative estimate of drug-likeness (QED) is 0.890. The highest BCUT2D eigenvalue weighted by molar-refractivity contribution is 5.77. The van der Waals surface area contributed by atoms with Crippen molar-refractivity contribution < 1.29 is 4.79 Å². The lowest BCUT2D eigenvalue weighted by Crippen LogP contribution is -2.48. The molecule has 1 fully saturated rings. The van der Waals surface area contributed by atoms with Gasteiger partial charge in [-0.05, 0) is 33.3 Å². The summed E-state index contributed by atoms with van der Waals surface area (Å²) in [7, 11) is 1.90. The molecular formula is C17H26N6O. The van der Waals surface area contributed by atoms with Gasteiger partial charge in [-0.3, -0.25) is 14.2 Å². The molecule has 24 heavy (non-hydrogen) atoms. The third-order valence-electron chi connectivity index (χ3n) is 4.47. The van der Waals surface area contributed by atoms with Gasteiger partial charge in [-0.1, -0.05) is 0 Å². The molecule has 7 heteroatoms. The van der Waals surface area contributed by atoms with Gasteiger partial charge in [0.05, 0.1) is 23.5 Å². The Bertz CT molecular complexity index is 711. The number of nitrogens with zero attached hydrogens (tertiary/aromatic N) is 4. The van der Waals surface area contributed by atoms with Crippen molar-refractivity contribution in [1.29, 1.82) is 0 Å². The second-order valence-electron chi connectivity index (χ2n) is 7.41. The number of piperidine rings is 1. The molecule has 7 nitrogen and oxygen atoms in total. The van der Waals surface area contributed by atoms with Crippen LogP contribution in [-0.4, -0.2) is 31.5 Å². The van der Waals surface area contributed by atoms with E-state index in [9.17, 15) is 4.79 Å². The maximum Gasteiger partial charge on any atom is 0.220 e. The van der Waals surface area contributed by atoms with Crippen LogP contribution in [-0.2, 0) is 23.9 Å². The van der Waals surface area contributed by atoms with Gasteiger partial charge in [-0.15, -0.1) is 0 Å². The zero-order chi connectivity index (χ0) is 17.3. The van der Waals surface area contributed by atoms with Crippen LogP contribution in [0.3, 0.4) is 0 Å². The number of carbonyl (C=O) groups excluding carboxylic acids is 1. The van der Waals surface area contributed by atoms with E-state index < -0.39 is 0 Å². The lowest BCUT2D eigenvalue weighted by Gasteiger charge is -2.33. The molecule has 2 N–H and O–H groups in total. The zero-order valence-corrected chi connectivity index (χ0v) is 14.8. The van der Waals surface area contributed by atoms with Gasteiger partial charge < -0.3 is 10.6 Å². The van der Waals surface area contributed by atoms with Crippen molar-refractivity contribution in [2.75, 3.05) is 0 Å². The van der Waals surface area contributed by atoms with Crippen LogP contribution in [0.2, 0.25) is 0 Å². The predicted molar refractivity (Wildman–Crippen MR) is 91.2 cm³/mol. The van der Waals surface area contributed by atoms with Crippen molar-refractivity contribution in [3.05, 3.63) is 35.9 Å². The number of amides is 1. The molecule has 3 rings (SSSR count). The lowest BCUT2D eigenvalue weighted by molar-refractivity contribution is -0.124. The van der Waals surface area contributed by atoms with Crippen LogP contribution >= 0.6 is 0 Å². The Labute approximate surface area is 142 Å². The summed E-state index contributed by atoms with van der Waals surface area (Å²) < 4.78 is 3.80. The summed E-state index contributed by atoms with van der Waals surface area (Å²) in [6.07, 6.45) is 7.11. The molecule has 1 saturated heterocycles. The molecule has 0 radical (unpaired) electrons. The minimum absolute atomic E-state index is 0.0195. The summed E-state index contributed by atoms with van der Waals surface area (Å²) >= 11 is 0. The number of aryl methyl sites for hydroxylation is 1. The van der Waals surface area contributed by atoms with Crippen molar-refractivity contribution in [3.8, 4) is 0 Å². The summed E-state index contributed by atoms with van der Waals surface area (Å²) in [5.41, 5.74) is 2.14. The van der Waals surface area contributed by atoms with Crippen LogP contribution in [0.5, 0.6) is 0 Å². The Morgan fingerprint density at radius 3 is 2.79 bits per heavy atom. The lowest BCUT2D eigenvalue weighted by atomic mass is 9.95. The molecular weight excluding hydrogens is 304 g/mol. The number of hydrogen-bond donors (Lipinski definition) is 2. The number of hydrogen-bond acceptors (Lipinski definition) is 4. The van der Waals surface area contributed by atoms with Crippen molar-refractivity contribution in [1.82, 2.24) is 30.2 Å². The molecule has 1 aliphatic heterocycles. The summed E-state index contributed by atoms with van der Waals surface area (Å²) in [5, 5.41) is 15.3. The van der Waals surface area contributed by atoms with E-state index in [0.29, 0.717) is 6.42 Å². The molecule has 0 spiro atoms. The fourth-order valence-corrected chi connectivity index (χ4v) is 3.06. The minimum atomic E-state index is -0.0589. The average molecular weight is 330 g/mol. The van der Waals surface area contributed by atoms with Gasteiger partial charge >= 0.3 is 0 Å². The Morgan fingerprint density at radius 2 is 2.17 bits per heavy atom. The summed E-state index contributed by atoms with van der Waals surface area (Å²) in [4.78, 5) is 11.8. The highest BCUT2D eigenvalue weighted by Crippen LogP contribution is 2.24. The molecule has 2 atom stereocenters. The van der Waals surface area contributed by atoms with Gasteiger partial charge in [0.25, 0.3) is 0 Å². The van der Waals surface area contributed by atoms with Crippen LogP contribution in [0, 0.1) is 0 Å². The summed E-state index contributed by atoms with van der Waals surface area (Å²) in [6.45, 7) is 7.12. The topological polar surface area (TPSA) is 76.8 Å². The molecule has 0 saturated carbocycles. The Hall–Kier alpha value is -2.15. The smallest absolute Gasteiger partial charge is 0.220 e. The average Bonchev–Trinajstić information content (AvgIpc) is 3.14. The van der Waals surface area contributed by atoms with Crippen molar-refractivity contribution in [3.63, 3.8) is 0 Å². The number of nitrogens with one attached hydrogen (secondary N) is 2. The molecule has 1 amide bonds. The van der Waals surface area contributed by atoms with Crippen molar-refractivity contribution in [2.24, 2.45) is 7.05 Å². The highest BCUT2D eigenvalue weighted by Gasteiger charge is 2.31. The number of rotatable bonds is 4. The van der Waals surface area contributed by atoms with Gasteiger partial charge in [0.2, 0.25) is 5.91 Å². The first-order valence-electron chi connectivity index (χ1n) is 8.39. The number of carbonyl (C=O) groups is 1. The van der Waals surface area contributed by atoms with E-state index in [0.717, 1.165) is 24.2 Å². The fourth-order valence-electron chi connectivity index (χ4n) is 3.06. The second-order valence-corrected chi connectivity index (χ2v) is 7.41. The second kappa shape index (κ2) is 6.39. The fraction of sp³-hybridized carbons (Fsp3) is 0.588. The van der Waals surface area contributed by atoms with Crippen molar-refractivity contribution in [2.45, 2.75) is 57.8 Å². The third-order valence-corrected chi connectivity index (χ3v) is 4.47. The first-order valence-corrected chi connectivity index (χ1v) is 8.39. The third kappa shape index (κ3) is 3.51. The Kier molecular flexibility index (Phi) is 4.45. The Morgan fingerprint density at radius 1 is 1.38 bits per heavy atom. The van der Waals surface area contributed by atoms with E-state index in [2.05, 4.69) is 47.8 Å². The first-order chi connectivity index (χ1) is 11.3. The molecule has 3 heterocycles. The van der Waals surface area contributed by atoms with Crippen LogP contribution in [0.25, 0.3) is 0 Å². The van der Waals surface area contributed by atoms with E-state index in [-0.39, 0.29) is 23.5 Å². The van der Waals surface area contributed by atoms with E-state index in [1.165, 1.54) is 0 Å². The maximum absolute atomic E-state index is 11.8. The van der Waals surface area contributed by atoms with Crippen LogP contribution in [0.4, 0.5) is 0 Å². The molecule has 0 bridgehead atoms. The standard InChI is InChI=1S/C17H26N6O/c1-17(2,3)23-11-12(10-20-23)9-18-13-5-6-15(24)21-16(13)14-7-8-19-22(14)4/h7-8,10-11,13,16,18H,5-6,9H2,1-4H3,(H,21,24)/t13-,16-/m1/s1. The summed E-state index contributed by atoms with van der Waals surface area (Å²) in [5.74, 6) is 0.0970. The van der Waals surface area contributed by atoms with Crippen LogP contribution < -0.4 is 10.6 Å². The van der Waals surface area contributed by atoms with Crippen molar-refractivity contribution >= 4 is 5.91 Å². The van der Waals surface area contributed by atoms with Crippen LogP contribution in [0.1, 0.15) is 50.9 Å². The molecule has 1 aliphatic rings. The van der Waals surface area contributed by atoms with E-state index in [1.54, 1.807) is 6.20 Å². The van der Waals surface area contributed by atoms with Crippen LogP contribution in [0.15, 0.2) is 24.7 Å². The largest absolute Gasteiger partial charge is 0.346 e. The van der Waals surface area contributed by atoms with Gasteiger partial charge in [0.1, 0.15) is 0 Å². The molecule has 0 unspecified atom stereocenters. The molecule has 0 aliphatic carbocycles. The maximum atomic E-state index is 11.8. The van der Waals surface area contributed by atoms with E-state index >= 15 is 0 Å². The molecule has 0 aromatic carbocycles. The molecule has 2 aromatic heterocycles. The first kappa shape index (κ1) is 16.7. The SMILES string of the molecule is Cn1nccc1[C@@H]1NC(=O)CC[C@H]1NCc1cnn(C(C)(C)C)c1. The predicted octanol–water partition coefficient (Wildman–Crippen LogP) is 1.48. The normalized spacial score (nSPS) is 21.8. The Balaban J connectivity index is 1.69. The minimum Gasteiger partial charge on any atom is -0.346 e. The summed E-state index contributed by atoms with van der Waals surface area (Å²) in [6, 6.07) is 2.08. The van der Waals surface area contributed by atoms with Gasteiger partial charge in [-0.25, -0.2) is 0 Å². The number of aromatic nitrogens is 4. The highest BCUT2D eigenvalue weighted by atomic mass is 16.1. The zero-order valence-electron chi connectivity index (χ0n) is 14.8. The van der Waals surface area contributed by atoms with E-state index in [1.807, 2.05) is 28.7 Å². The molecule has 130 valence electrons. The van der Waals surface area contributed by atoms with Gasteiger partial charge in [-0.2, -0.15) is 10.2 Å².